The molecule has 88 heavy (non-hydrogen) atoms. The standard InChI is InChI=1S/C82H74BN5/c1-79(2,3)51-35-40-56(41-36-51)86-70-44-39-53(81(7,8)9)45-66(70)83-67-50-72(88-69-34-24-20-30-60(69)63-48-62-59-29-19-22-32-64(59)82(10,11)65(62)49-71(63)88)75-61-31-21-23-33-68(61)84(12)78(75)77(67)87(57-42-37-52(38-43-57)80(4,5)6)74-47-58(46-73(86)76(74)83)85(54-25-15-13-16-26-54)55-27-17-14-18-28-55/h13-50H,1-12H3. The largest absolute Gasteiger partial charge is 0.342 e. The molecule has 11 aromatic carbocycles. The Morgan fingerprint density at radius 2 is 0.920 bits per heavy atom. The van der Waals surface area contributed by atoms with Gasteiger partial charge >= 0.3 is 0 Å². The molecular formula is C82H74BN5. The fourth-order valence-corrected chi connectivity index (χ4v) is 15.4. The van der Waals surface area contributed by atoms with Crippen molar-refractivity contribution in [3.05, 3.63) is 258 Å². The Kier molecular flexibility index (Phi) is 11.6. The number of para-hydroxylation sites is 4. The Morgan fingerprint density at radius 1 is 0.386 bits per heavy atom. The smallest absolute Gasteiger partial charge is 0.252 e. The van der Waals surface area contributed by atoms with E-state index in [1.807, 2.05) is 0 Å². The summed E-state index contributed by atoms with van der Waals surface area (Å²) in [5.74, 6) is 0. The molecule has 0 N–H and O–H groups in total. The van der Waals surface area contributed by atoms with Crippen molar-refractivity contribution >= 4 is 118 Å². The van der Waals surface area contributed by atoms with E-state index in [-0.39, 0.29) is 28.4 Å². The lowest BCUT2D eigenvalue weighted by atomic mass is 9.33. The number of rotatable bonds is 6. The van der Waals surface area contributed by atoms with Crippen LogP contribution in [0.15, 0.2) is 231 Å². The van der Waals surface area contributed by atoms with Crippen LogP contribution in [0.4, 0.5) is 51.2 Å². The van der Waals surface area contributed by atoms with Crippen LogP contribution in [0.3, 0.4) is 0 Å². The number of hydrogen-bond donors (Lipinski definition) is 0. The number of hydrogen-bond acceptors (Lipinski definition) is 3. The summed E-state index contributed by atoms with van der Waals surface area (Å²) in [6, 6.07) is 88.3. The molecule has 0 spiro atoms. The molecule has 1 aliphatic carbocycles. The lowest BCUT2D eigenvalue weighted by molar-refractivity contribution is 0.590. The van der Waals surface area contributed by atoms with E-state index in [2.05, 4.69) is 338 Å². The van der Waals surface area contributed by atoms with Crippen molar-refractivity contribution in [3.63, 3.8) is 0 Å². The first-order valence-electron chi connectivity index (χ1n) is 31.5. The number of nitrogens with zero attached hydrogens (tertiary/aromatic N) is 5. The summed E-state index contributed by atoms with van der Waals surface area (Å²) < 4.78 is 5.17. The number of benzene rings is 11. The molecule has 0 radical (unpaired) electrons. The van der Waals surface area contributed by atoms with Crippen LogP contribution in [0.5, 0.6) is 0 Å². The van der Waals surface area contributed by atoms with Crippen LogP contribution in [0.1, 0.15) is 104 Å². The van der Waals surface area contributed by atoms with Crippen molar-refractivity contribution in [1.29, 1.82) is 0 Å². The third-order valence-electron chi connectivity index (χ3n) is 19.9. The number of anilines is 9. The van der Waals surface area contributed by atoms with Gasteiger partial charge < -0.3 is 23.8 Å². The molecule has 430 valence electrons. The third-order valence-corrected chi connectivity index (χ3v) is 19.9. The maximum Gasteiger partial charge on any atom is 0.252 e. The molecule has 0 amide bonds. The second-order valence-corrected chi connectivity index (χ2v) is 28.7. The monoisotopic (exact) mass is 1140 g/mol. The zero-order chi connectivity index (χ0) is 60.5. The average Bonchev–Trinajstić information content (AvgIpc) is 1.23. The molecule has 0 saturated carbocycles. The number of fused-ring (bicyclic) bond motifs is 14. The van der Waals surface area contributed by atoms with Gasteiger partial charge in [0.2, 0.25) is 0 Å². The summed E-state index contributed by atoms with van der Waals surface area (Å²) >= 11 is 0. The molecule has 4 heterocycles. The highest BCUT2D eigenvalue weighted by Crippen LogP contribution is 2.55. The van der Waals surface area contributed by atoms with Crippen LogP contribution in [-0.4, -0.2) is 15.8 Å². The van der Waals surface area contributed by atoms with E-state index in [9.17, 15) is 0 Å². The Balaban J connectivity index is 1.09. The highest BCUT2D eigenvalue weighted by molar-refractivity contribution is 7.00. The van der Waals surface area contributed by atoms with Crippen molar-refractivity contribution < 1.29 is 0 Å². The molecule has 0 fully saturated rings. The SMILES string of the molecule is Cn1c2ccccc2c2c(-n3c4ccccc4c4cc5c(cc43)C(C)(C)c3ccccc3-5)cc3c(c21)N(c1ccc(C(C)(C)C)cc1)c1cc(N(c2ccccc2)c2ccccc2)cc2c1B3c1cc(C(C)(C)C)ccc1N2c1ccc(C(C)(C)C)cc1. The van der Waals surface area contributed by atoms with Crippen molar-refractivity contribution in [2.24, 2.45) is 7.05 Å². The van der Waals surface area contributed by atoms with E-state index in [1.54, 1.807) is 0 Å². The summed E-state index contributed by atoms with van der Waals surface area (Å²) in [4.78, 5) is 7.71. The molecule has 3 aliphatic rings. The maximum absolute atomic E-state index is 2.66. The summed E-state index contributed by atoms with van der Waals surface area (Å²) in [5, 5.41) is 4.97. The summed E-state index contributed by atoms with van der Waals surface area (Å²) in [5.41, 5.74) is 28.9. The quantitative estimate of drug-likeness (QED) is 0.155. The minimum absolute atomic E-state index is 0.0227. The summed E-state index contributed by atoms with van der Waals surface area (Å²) in [7, 11) is 2.31. The van der Waals surface area contributed by atoms with Crippen molar-refractivity contribution in [2.75, 3.05) is 14.7 Å². The number of aryl methyl sites for hydroxylation is 1. The normalized spacial score (nSPS) is 14.2. The molecule has 5 nitrogen and oxygen atoms in total. The van der Waals surface area contributed by atoms with E-state index in [0.717, 1.165) is 39.8 Å². The fourth-order valence-electron chi connectivity index (χ4n) is 15.4. The first-order chi connectivity index (χ1) is 42.3. The van der Waals surface area contributed by atoms with Crippen molar-refractivity contribution in [2.45, 2.75) is 97.8 Å². The van der Waals surface area contributed by atoms with Crippen molar-refractivity contribution in [1.82, 2.24) is 9.13 Å². The molecule has 6 heteroatoms. The van der Waals surface area contributed by atoms with Crippen LogP contribution >= 0.6 is 0 Å². The predicted molar refractivity (Wildman–Crippen MR) is 377 cm³/mol. The molecular weight excluding hydrogens is 1070 g/mol. The molecule has 0 atom stereocenters. The van der Waals surface area contributed by atoms with E-state index < -0.39 is 0 Å². The highest BCUT2D eigenvalue weighted by atomic mass is 15.2. The zero-order valence-electron chi connectivity index (χ0n) is 52.8. The van der Waals surface area contributed by atoms with Crippen LogP contribution < -0.4 is 31.1 Å². The molecule has 2 aromatic heterocycles. The van der Waals surface area contributed by atoms with Gasteiger partial charge in [-0.15, -0.1) is 0 Å². The Bertz CT molecular complexity index is 4970. The van der Waals surface area contributed by atoms with Gasteiger partial charge in [-0.25, -0.2) is 0 Å². The van der Waals surface area contributed by atoms with Gasteiger partial charge in [-0.3, -0.25) is 0 Å². The Hall–Kier alpha value is -9.52. The van der Waals surface area contributed by atoms with E-state index in [0.29, 0.717) is 0 Å². The summed E-state index contributed by atoms with van der Waals surface area (Å²) in [6.45, 7) is 25.6. The second kappa shape index (κ2) is 19.0. The van der Waals surface area contributed by atoms with Gasteiger partial charge in [0, 0.05) is 79.3 Å². The minimum Gasteiger partial charge on any atom is -0.342 e. The lowest BCUT2D eigenvalue weighted by Gasteiger charge is -2.45. The molecule has 13 aromatic rings. The second-order valence-electron chi connectivity index (χ2n) is 28.7. The third kappa shape index (κ3) is 7.93. The van der Waals surface area contributed by atoms with Gasteiger partial charge in [0.05, 0.1) is 33.6 Å². The van der Waals surface area contributed by atoms with Crippen LogP contribution in [-0.2, 0) is 28.7 Å². The Morgan fingerprint density at radius 3 is 1.55 bits per heavy atom. The van der Waals surface area contributed by atoms with Crippen LogP contribution in [0.2, 0.25) is 0 Å². The average molecular weight is 1140 g/mol. The van der Waals surface area contributed by atoms with Gasteiger partial charge in [0.25, 0.3) is 6.71 Å². The molecule has 0 saturated heterocycles. The number of aromatic nitrogens is 2. The van der Waals surface area contributed by atoms with Gasteiger partial charge in [-0.1, -0.05) is 210 Å². The minimum atomic E-state index is -0.199. The maximum atomic E-state index is 2.66. The van der Waals surface area contributed by atoms with E-state index >= 15 is 0 Å². The van der Waals surface area contributed by atoms with Crippen LogP contribution in [0.25, 0.3) is 60.4 Å². The molecule has 0 unspecified atom stereocenters. The topological polar surface area (TPSA) is 19.6 Å². The van der Waals surface area contributed by atoms with Crippen LogP contribution in [0, 0.1) is 0 Å². The fraction of sp³-hybridized carbons (Fsp3) is 0.195. The van der Waals surface area contributed by atoms with Gasteiger partial charge in [0.1, 0.15) is 0 Å². The zero-order valence-corrected chi connectivity index (χ0v) is 52.8. The summed E-state index contributed by atoms with van der Waals surface area (Å²) in [6.07, 6.45) is 0. The molecule has 0 bridgehead atoms. The first-order valence-corrected chi connectivity index (χ1v) is 31.5. The lowest BCUT2D eigenvalue weighted by Crippen LogP contribution is -2.61. The highest BCUT2D eigenvalue weighted by Gasteiger charge is 2.47. The van der Waals surface area contributed by atoms with Gasteiger partial charge in [-0.2, -0.15) is 0 Å². The Labute approximate surface area is 518 Å². The van der Waals surface area contributed by atoms with Crippen molar-refractivity contribution in [3.8, 4) is 16.8 Å². The van der Waals surface area contributed by atoms with Gasteiger partial charge in [-0.05, 0) is 169 Å². The first kappa shape index (κ1) is 53.9. The predicted octanol–water partition coefficient (Wildman–Crippen LogP) is 20.2. The molecule has 16 rings (SSSR count). The van der Waals surface area contributed by atoms with E-state index in [4.69, 9.17) is 0 Å². The molecule has 2 aliphatic heterocycles. The van der Waals surface area contributed by atoms with E-state index in [1.165, 1.54) is 116 Å². The van der Waals surface area contributed by atoms with Gasteiger partial charge in [0.15, 0.2) is 0 Å².